The molecule has 6 nitrogen and oxygen atoms in total. The highest BCUT2D eigenvalue weighted by molar-refractivity contribution is 7.18. The number of aryl methyl sites for hydroxylation is 1. The van der Waals surface area contributed by atoms with Crippen molar-refractivity contribution < 1.29 is 13.2 Å². The maximum Gasteiger partial charge on any atom is 0.393 e. The number of aromatic amines is 1. The monoisotopic (exact) mass is 484 g/mol. The van der Waals surface area contributed by atoms with Gasteiger partial charge in [-0.25, -0.2) is 9.97 Å². The number of hydrogen-bond donors (Lipinski definition) is 1. The summed E-state index contributed by atoms with van der Waals surface area (Å²) in [5.41, 5.74) is 4.76. The number of alkyl halides is 3. The van der Waals surface area contributed by atoms with Crippen molar-refractivity contribution in [1.29, 1.82) is 5.26 Å². The summed E-state index contributed by atoms with van der Waals surface area (Å²) in [5, 5.41) is 11.0. The Morgan fingerprint density at radius 1 is 1.06 bits per heavy atom. The summed E-state index contributed by atoms with van der Waals surface area (Å²) < 4.78 is 38.4. The minimum absolute atomic E-state index is 0.269. The van der Waals surface area contributed by atoms with Crippen molar-refractivity contribution in [3.05, 3.63) is 58.0 Å². The third kappa shape index (κ3) is 4.78. The van der Waals surface area contributed by atoms with Crippen LogP contribution in [-0.4, -0.2) is 57.1 Å². The van der Waals surface area contributed by atoms with Gasteiger partial charge in [-0.2, -0.15) is 18.4 Å². The Morgan fingerprint density at radius 3 is 2.50 bits per heavy atom. The van der Waals surface area contributed by atoms with Crippen molar-refractivity contribution in [3.8, 4) is 6.07 Å². The van der Waals surface area contributed by atoms with Crippen molar-refractivity contribution in [2.75, 3.05) is 26.2 Å². The molecule has 4 aromatic rings. The summed E-state index contributed by atoms with van der Waals surface area (Å²) in [7, 11) is 0. The summed E-state index contributed by atoms with van der Waals surface area (Å²) in [6.45, 7) is 7.03. The van der Waals surface area contributed by atoms with Gasteiger partial charge >= 0.3 is 6.18 Å². The zero-order valence-electron chi connectivity index (χ0n) is 18.6. The number of rotatable bonds is 5. The van der Waals surface area contributed by atoms with Gasteiger partial charge in [-0.15, -0.1) is 11.3 Å². The van der Waals surface area contributed by atoms with Crippen LogP contribution in [0.1, 0.15) is 27.4 Å². The zero-order valence-corrected chi connectivity index (χ0v) is 19.4. The average Bonchev–Trinajstić information content (AvgIpc) is 3.40. The van der Waals surface area contributed by atoms with Crippen molar-refractivity contribution in [3.63, 3.8) is 0 Å². The van der Waals surface area contributed by atoms with E-state index in [1.54, 1.807) is 6.07 Å². The van der Waals surface area contributed by atoms with E-state index in [0.717, 1.165) is 66.0 Å². The highest BCUT2D eigenvalue weighted by Crippen LogP contribution is 2.31. The van der Waals surface area contributed by atoms with Crippen LogP contribution in [-0.2, 0) is 19.5 Å². The Morgan fingerprint density at radius 2 is 1.79 bits per heavy atom. The van der Waals surface area contributed by atoms with E-state index in [1.807, 2.05) is 12.1 Å². The summed E-state index contributed by atoms with van der Waals surface area (Å²) >= 11 is 1.09. The molecule has 3 aromatic heterocycles. The Hall–Kier alpha value is -3.00. The number of thiophene rings is 1. The van der Waals surface area contributed by atoms with Gasteiger partial charge < -0.3 is 4.98 Å². The molecule has 1 saturated heterocycles. The van der Waals surface area contributed by atoms with Crippen LogP contribution in [0.15, 0.2) is 30.6 Å². The first-order valence-electron chi connectivity index (χ1n) is 11.0. The molecule has 1 aliphatic rings. The van der Waals surface area contributed by atoms with E-state index >= 15 is 0 Å². The molecule has 0 atom stereocenters. The number of benzene rings is 1. The number of halogens is 3. The van der Waals surface area contributed by atoms with E-state index in [2.05, 4.69) is 43.8 Å². The Bertz CT molecular complexity index is 1380. The van der Waals surface area contributed by atoms with Crippen LogP contribution in [0.5, 0.6) is 0 Å². The highest BCUT2D eigenvalue weighted by Gasteiger charge is 2.29. The normalized spacial score (nSPS) is 15.9. The third-order valence-electron chi connectivity index (χ3n) is 6.38. The molecule has 0 amide bonds. The Kier molecular flexibility index (Phi) is 6.02. The van der Waals surface area contributed by atoms with Gasteiger partial charge in [-0.05, 0) is 36.2 Å². The maximum atomic E-state index is 12.8. The van der Waals surface area contributed by atoms with Gasteiger partial charge in [0.1, 0.15) is 22.9 Å². The predicted octanol–water partition coefficient (Wildman–Crippen LogP) is 4.78. The lowest BCUT2D eigenvalue weighted by Crippen LogP contribution is -2.45. The maximum absolute atomic E-state index is 12.8. The molecule has 1 aliphatic heterocycles. The molecule has 176 valence electrons. The number of aromatic nitrogens is 3. The quantitative estimate of drug-likeness (QED) is 0.442. The molecule has 1 aromatic carbocycles. The first-order chi connectivity index (χ1) is 16.3. The van der Waals surface area contributed by atoms with Crippen LogP contribution in [0.3, 0.4) is 0 Å². The minimum Gasteiger partial charge on any atom is -0.346 e. The molecule has 0 spiro atoms. The van der Waals surface area contributed by atoms with Crippen molar-refractivity contribution >= 4 is 32.5 Å². The fourth-order valence-electron chi connectivity index (χ4n) is 4.55. The van der Waals surface area contributed by atoms with E-state index in [9.17, 15) is 13.2 Å². The smallest absolute Gasteiger partial charge is 0.346 e. The third-order valence-corrected chi connectivity index (χ3v) is 7.42. The summed E-state index contributed by atoms with van der Waals surface area (Å²) in [6, 6.07) is 9.81. The second-order valence-corrected chi connectivity index (χ2v) is 9.82. The minimum atomic E-state index is -4.23. The van der Waals surface area contributed by atoms with Gasteiger partial charge in [-0.1, -0.05) is 6.07 Å². The molecule has 0 aliphatic carbocycles. The first-order valence-corrected chi connectivity index (χ1v) is 11.9. The van der Waals surface area contributed by atoms with Gasteiger partial charge in [0.05, 0.1) is 12.1 Å². The topological polar surface area (TPSA) is 71.8 Å². The largest absolute Gasteiger partial charge is 0.393 e. The number of nitrogens with zero attached hydrogens (tertiary/aromatic N) is 5. The molecule has 10 heteroatoms. The highest BCUT2D eigenvalue weighted by atomic mass is 32.1. The van der Waals surface area contributed by atoms with Gasteiger partial charge in [0.2, 0.25) is 0 Å². The van der Waals surface area contributed by atoms with Crippen molar-refractivity contribution in [2.24, 2.45) is 0 Å². The van der Waals surface area contributed by atoms with Crippen LogP contribution in [0, 0.1) is 18.3 Å². The molecule has 0 radical (unpaired) electrons. The van der Waals surface area contributed by atoms with Crippen molar-refractivity contribution in [2.45, 2.75) is 32.6 Å². The second-order valence-electron chi connectivity index (χ2n) is 8.70. The van der Waals surface area contributed by atoms with Crippen LogP contribution >= 0.6 is 11.3 Å². The lowest BCUT2D eigenvalue weighted by Gasteiger charge is -2.34. The second kappa shape index (κ2) is 8.98. The van der Waals surface area contributed by atoms with Gasteiger partial charge in [0.25, 0.3) is 0 Å². The standard InChI is InChI=1S/C24H23F3N6S/c1-15-16(2-3-21-19(15)8-17(11-28)31-21)12-32-4-6-33(7-5-32)13-22-20-9-18(10-24(25,26)27)34-23(20)30-14-29-22/h2-3,8-9,14,31H,4-7,10,12-13H2,1H3. The van der Waals surface area contributed by atoms with E-state index in [1.165, 1.54) is 17.5 Å². The van der Waals surface area contributed by atoms with Crippen LogP contribution in [0.2, 0.25) is 0 Å². The van der Waals surface area contributed by atoms with Gasteiger partial charge in [-0.3, -0.25) is 9.80 Å². The van der Waals surface area contributed by atoms with E-state index in [0.29, 0.717) is 17.1 Å². The lowest BCUT2D eigenvalue weighted by molar-refractivity contribution is -0.126. The Labute approximate surface area is 198 Å². The van der Waals surface area contributed by atoms with Crippen LogP contribution < -0.4 is 0 Å². The summed E-state index contributed by atoms with van der Waals surface area (Å²) in [4.78, 5) is 17.3. The van der Waals surface area contributed by atoms with Crippen molar-refractivity contribution in [1.82, 2.24) is 24.8 Å². The summed E-state index contributed by atoms with van der Waals surface area (Å²) in [5.74, 6) is 0. The number of fused-ring (bicyclic) bond motifs is 2. The Balaban J connectivity index is 1.23. The average molecular weight is 485 g/mol. The van der Waals surface area contributed by atoms with Crippen LogP contribution in [0.4, 0.5) is 13.2 Å². The fourth-order valence-corrected chi connectivity index (χ4v) is 5.60. The predicted molar refractivity (Wildman–Crippen MR) is 125 cm³/mol. The molecular formula is C24H23F3N6S. The zero-order chi connectivity index (χ0) is 23.9. The number of H-pyrrole nitrogens is 1. The number of nitrogens with one attached hydrogen (secondary N) is 1. The molecule has 0 unspecified atom stereocenters. The molecule has 5 rings (SSSR count). The fraction of sp³-hybridized carbons (Fsp3) is 0.375. The van der Waals surface area contributed by atoms with E-state index in [-0.39, 0.29) is 4.88 Å². The van der Waals surface area contributed by atoms with Gasteiger partial charge in [0.15, 0.2) is 0 Å². The molecule has 34 heavy (non-hydrogen) atoms. The first kappa shape index (κ1) is 22.8. The lowest BCUT2D eigenvalue weighted by atomic mass is 10.0. The molecule has 4 heterocycles. The summed E-state index contributed by atoms with van der Waals surface area (Å²) in [6.07, 6.45) is -3.72. The number of hydrogen-bond acceptors (Lipinski definition) is 6. The molecule has 1 N–H and O–H groups in total. The molecule has 0 bridgehead atoms. The number of piperazine rings is 1. The number of nitriles is 1. The SMILES string of the molecule is Cc1c(CN2CCN(Cc3ncnc4sc(CC(F)(F)F)cc34)CC2)ccc2[nH]c(C#N)cc12. The van der Waals surface area contributed by atoms with E-state index in [4.69, 9.17) is 5.26 Å². The van der Waals surface area contributed by atoms with Crippen LogP contribution in [0.25, 0.3) is 21.1 Å². The molecule has 0 saturated carbocycles. The molecule has 1 fully saturated rings. The molecular weight excluding hydrogens is 461 g/mol. The van der Waals surface area contributed by atoms with Gasteiger partial charge in [0, 0.05) is 60.4 Å². The van der Waals surface area contributed by atoms with E-state index < -0.39 is 12.6 Å².